The maximum Gasteiger partial charge on any atom is 0.137 e. The summed E-state index contributed by atoms with van der Waals surface area (Å²) in [5.41, 5.74) is 4.32. The molecular formula is C19H24O2. The van der Waals surface area contributed by atoms with Gasteiger partial charge >= 0.3 is 0 Å². The van der Waals surface area contributed by atoms with Crippen LogP contribution in [0.25, 0.3) is 0 Å². The highest BCUT2D eigenvalue weighted by Crippen LogP contribution is 2.50. The van der Waals surface area contributed by atoms with Crippen LogP contribution in [-0.4, -0.2) is 12.9 Å². The van der Waals surface area contributed by atoms with Crippen LogP contribution in [0.2, 0.25) is 0 Å². The van der Waals surface area contributed by atoms with Crippen molar-refractivity contribution < 1.29 is 9.53 Å². The van der Waals surface area contributed by atoms with E-state index in [2.05, 4.69) is 31.2 Å². The van der Waals surface area contributed by atoms with Crippen molar-refractivity contribution in [2.24, 2.45) is 0 Å². The highest BCUT2D eigenvalue weighted by molar-refractivity contribution is 5.84. The van der Waals surface area contributed by atoms with E-state index in [9.17, 15) is 4.79 Å². The normalized spacial score (nSPS) is 24.1. The Hall–Kier alpha value is -1.57. The van der Waals surface area contributed by atoms with Gasteiger partial charge in [0.05, 0.1) is 7.11 Å². The van der Waals surface area contributed by atoms with Gasteiger partial charge in [-0.05, 0) is 42.5 Å². The zero-order chi connectivity index (χ0) is 14.9. The Morgan fingerprint density at radius 3 is 2.95 bits per heavy atom. The van der Waals surface area contributed by atoms with E-state index >= 15 is 0 Å². The molecule has 1 unspecified atom stereocenters. The summed E-state index contributed by atoms with van der Waals surface area (Å²) < 4.78 is 5.37. The summed E-state index contributed by atoms with van der Waals surface area (Å²) in [6.07, 6.45) is 9.21. The second-order valence-corrected chi connectivity index (χ2v) is 6.36. The number of fused-ring (bicyclic) bond motifs is 3. The molecule has 1 aromatic carbocycles. The molecule has 0 radical (unpaired) electrons. The molecule has 0 spiro atoms. The number of benzene rings is 1. The van der Waals surface area contributed by atoms with Gasteiger partial charge in [-0.25, -0.2) is 0 Å². The molecule has 3 rings (SSSR count). The third-order valence-corrected chi connectivity index (χ3v) is 5.19. The molecular weight excluding hydrogens is 260 g/mol. The summed E-state index contributed by atoms with van der Waals surface area (Å²) >= 11 is 0. The molecule has 1 saturated carbocycles. The Bertz CT molecular complexity index is 585. The van der Waals surface area contributed by atoms with Crippen molar-refractivity contribution in [3.63, 3.8) is 0 Å². The second kappa shape index (κ2) is 5.67. The summed E-state index contributed by atoms with van der Waals surface area (Å²) in [6.45, 7) is 2.24. The maximum absolute atomic E-state index is 11.9. The molecule has 2 aliphatic rings. The Morgan fingerprint density at radius 2 is 2.19 bits per heavy atom. The number of rotatable bonds is 4. The van der Waals surface area contributed by atoms with Crippen molar-refractivity contribution in [3.8, 4) is 5.75 Å². The van der Waals surface area contributed by atoms with E-state index in [4.69, 9.17) is 4.74 Å². The Morgan fingerprint density at radius 1 is 1.33 bits per heavy atom. The second-order valence-electron chi connectivity index (χ2n) is 6.36. The zero-order valence-corrected chi connectivity index (χ0v) is 13.1. The van der Waals surface area contributed by atoms with Gasteiger partial charge in [-0.15, -0.1) is 0 Å². The first kappa shape index (κ1) is 14.4. The first-order valence-electron chi connectivity index (χ1n) is 8.08. The van der Waals surface area contributed by atoms with Gasteiger partial charge < -0.3 is 4.74 Å². The van der Waals surface area contributed by atoms with Crippen LogP contribution in [-0.2, 0) is 16.6 Å². The Labute approximate surface area is 127 Å². The largest absolute Gasteiger partial charge is 0.497 e. The van der Waals surface area contributed by atoms with E-state index in [-0.39, 0.29) is 5.41 Å². The summed E-state index contributed by atoms with van der Waals surface area (Å²) in [7, 11) is 1.72. The van der Waals surface area contributed by atoms with Crippen LogP contribution in [0.3, 0.4) is 0 Å². The van der Waals surface area contributed by atoms with Crippen LogP contribution in [0.1, 0.15) is 56.6 Å². The fourth-order valence-electron chi connectivity index (χ4n) is 4.02. The van der Waals surface area contributed by atoms with Gasteiger partial charge in [-0.1, -0.05) is 37.5 Å². The number of hydrogen-bond acceptors (Lipinski definition) is 2. The molecule has 0 aliphatic heterocycles. The number of allylic oxidation sites excluding steroid dienone is 2. The molecule has 0 saturated heterocycles. The zero-order valence-electron chi connectivity index (χ0n) is 13.1. The lowest BCUT2D eigenvalue weighted by Crippen LogP contribution is -2.37. The van der Waals surface area contributed by atoms with Crippen LogP contribution in [0.4, 0.5) is 0 Å². The molecule has 0 heterocycles. The maximum atomic E-state index is 11.9. The topological polar surface area (TPSA) is 26.3 Å². The molecule has 0 N–H and O–H groups in total. The van der Waals surface area contributed by atoms with Gasteiger partial charge in [-0.3, -0.25) is 4.79 Å². The van der Waals surface area contributed by atoms with Gasteiger partial charge in [0.2, 0.25) is 0 Å². The fraction of sp³-hybridized carbons (Fsp3) is 0.526. The van der Waals surface area contributed by atoms with Crippen LogP contribution in [0, 0.1) is 0 Å². The standard InChI is InChI=1S/C19H24O2/c1-3-4-10-19-11-9-16(20)13-15(19)6-5-14-12-17(21-2)7-8-18(14)19/h6-8,12H,3-5,9-11,13H2,1-2H3. The average molecular weight is 284 g/mol. The van der Waals surface area contributed by atoms with Crippen molar-refractivity contribution >= 4 is 5.78 Å². The quantitative estimate of drug-likeness (QED) is 0.768. The van der Waals surface area contributed by atoms with Crippen molar-refractivity contribution in [3.05, 3.63) is 41.0 Å². The molecule has 2 aliphatic carbocycles. The summed E-state index contributed by atoms with van der Waals surface area (Å²) in [5, 5.41) is 0. The number of carbonyl (C=O) groups excluding carboxylic acids is 1. The SMILES string of the molecule is CCCCC12CCC(=O)CC1=CCc1cc(OC)ccc12. The minimum atomic E-state index is 0.115. The molecule has 0 bridgehead atoms. The number of carbonyl (C=O) groups is 1. The summed E-state index contributed by atoms with van der Waals surface area (Å²) in [5.74, 6) is 1.34. The lowest BCUT2D eigenvalue weighted by Gasteiger charge is -2.44. The molecule has 2 heteroatoms. The van der Waals surface area contributed by atoms with Crippen molar-refractivity contribution in [2.45, 2.75) is 57.3 Å². The molecule has 1 atom stereocenters. The fourth-order valence-corrected chi connectivity index (χ4v) is 4.02. The minimum absolute atomic E-state index is 0.115. The number of ketones is 1. The van der Waals surface area contributed by atoms with Crippen molar-refractivity contribution in [1.82, 2.24) is 0 Å². The van der Waals surface area contributed by atoms with Crippen LogP contribution >= 0.6 is 0 Å². The number of methoxy groups -OCH3 is 1. The average Bonchev–Trinajstić information content (AvgIpc) is 2.52. The minimum Gasteiger partial charge on any atom is -0.497 e. The third-order valence-electron chi connectivity index (χ3n) is 5.19. The number of unbranched alkanes of at least 4 members (excludes halogenated alkanes) is 1. The highest BCUT2D eigenvalue weighted by atomic mass is 16.5. The molecule has 0 aromatic heterocycles. The van der Waals surface area contributed by atoms with Gasteiger partial charge in [0.25, 0.3) is 0 Å². The van der Waals surface area contributed by atoms with E-state index in [0.29, 0.717) is 12.2 Å². The highest BCUT2D eigenvalue weighted by Gasteiger charge is 2.42. The predicted octanol–water partition coefficient (Wildman–Crippen LogP) is 4.36. The van der Waals surface area contributed by atoms with E-state index in [1.807, 2.05) is 0 Å². The van der Waals surface area contributed by atoms with E-state index in [1.54, 1.807) is 7.11 Å². The summed E-state index contributed by atoms with van der Waals surface area (Å²) in [6, 6.07) is 6.49. The molecule has 0 amide bonds. The van der Waals surface area contributed by atoms with E-state index in [1.165, 1.54) is 36.0 Å². The van der Waals surface area contributed by atoms with E-state index in [0.717, 1.165) is 25.0 Å². The summed E-state index contributed by atoms with van der Waals surface area (Å²) in [4.78, 5) is 11.9. The smallest absolute Gasteiger partial charge is 0.137 e. The monoisotopic (exact) mass is 284 g/mol. The number of hydrogen-bond donors (Lipinski definition) is 0. The lowest BCUT2D eigenvalue weighted by atomic mass is 9.60. The molecule has 1 aromatic rings. The van der Waals surface area contributed by atoms with Gasteiger partial charge in [-0.2, -0.15) is 0 Å². The Kier molecular flexibility index (Phi) is 3.88. The molecule has 1 fully saturated rings. The van der Waals surface area contributed by atoms with Gasteiger partial charge in [0.15, 0.2) is 0 Å². The van der Waals surface area contributed by atoms with Crippen molar-refractivity contribution in [1.29, 1.82) is 0 Å². The predicted molar refractivity (Wildman–Crippen MR) is 84.8 cm³/mol. The van der Waals surface area contributed by atoms with Crippen LogP contribution in [0.15, 0.2) is 29.8 Å². The van der Waals surface area contributed by atoms with Crippen LogP contribution in [0.5, 0.6) is 5.75 Å². The lowest BCUT2D eigenvalue weighted by molar-refractivity contribution is -0.119. The number of ether oxygens (including phenoxy) is 1. The third kappa shape index (κ3) is 2.41. The van der Waals surface area contributed by atoms with Crippen molar-refractivity contribution in [2.75, 3.05) is 7.11 Å². The molecule has 112 valence electrons. The van der Waals surface area contributed by atoms with E-state index < -0.39 is 0 Å². The molecule has 2 nitrogen and oxygen atoms in total. The molecule has 21 heavy (non-hydrogen) atoms. The number of Topliss-reactive ketones (excluding diaryl/α,β-unsaturated/α-hetero) is 1. The Balaban J connectivity index is 2.06. The first-order valence-corrected chi connectivity index (χ1v) is 8.08. The first-order chi connectivity index (χ1) is 10.2. The van der Waals surface area contributed by atoms with Gasteiger partial charge in [0, 0.05) is 18.3 Å². The van der Waals surface area contributed by atoms with Crippen LogP contribution < -0.4 is 4.74 Å². The van der Waals surface area contributed by atoms with Gasteiger partial charge in [0.1, 0.15) is 11.5 Å².